The SMILES string of the molecule is CCCOc1cccc(Cn2c(=O)n(S(=O)(=O)CCC)c3cc4onc(C)c4cc32)c1. The Morgan fingerprint density at radius 3 is 2.65 bits per heavy atom. The van der Waals surface area contributed by atoms with Gasteiger partial charge in [0, 0.05) is 11.5 Å². The zero-order chi connectivity index (χ0) is 22.2. The number of ether oxygens (including phenoxy) is 1. The lowest BCUT2D eigenvalue weighted by Gasteiger charge is -2.08. The van der Waals surface area contributed by atoms with Crippen molar-refractivity contribution in [3.8, 4) is 5.75 Å². The van der Waals surface area contributed by atoms with E-state index in [9.17, 15) is 13.2 Å². The van der Waals surface area contributed by atoms with E-state index in [4.69, 9.17) is 9.26 Å². The van der Waals surface area contributed by atoms with Crippen molar-refractivity contribution in [3.05, 3.63) is 58.1 Å². The molecule has 0 aliphatic carbocycles. The molecular formula is C22H25N3O5S. The maximum atomic E-state index is 13.3. The second-order valence-electron chi connectivity index (χ2n) is 7.55. The van der Waals surface area contributed by atoms with E-state index in [2.05, 4.69) is 5.16 Å². The molecule has 0 spiro atoms. The van der Waals surface area contributed by atoms with Gasteiger partial charge >= 0.3 is 5.69 Å². The van der Waals surface area contributed by atoms with Crippen molar-refractivity contribution in [1.82, 2.24) is 13.7 Å². The maximum Gasteiger partial charge on any atom is 0.343 e. The Kier molecular flexibility index (Phi) is 5.62. The van der Waals surface area contributed by atoms with E-state index in [-0.39, 0.29) is 12.3 Å². The highest BCUT2D eigenvalue weighted by atomic mass is 32.2. The minimum Gasteiger partial charge on any atom is -0.494 e. The highest BCUT2D eigenvalue weighted by Crippen LogP contribution is 2.26. The second kappa shape index (κ2) is 8.22. The molecule has 0 saturated heterocycles. The van der Waals surface area contributed by atoms with E-state index in [0.29, 0.717) is 41.1 Å². The van der Waals surface area contributed by atoms with Crippen LogP contribution in [0.25, 0.3) is 22.0 Å². The molecule has 0 radical (unpaired) electrons. The van der Waals surface area contributed by atoms with Gasteiger partial charge in [-0.2, -0.15) is 3.97 Å². The molecule has 9 heteroatoms. The second-order valence-corrected chi connectivity index (χ2v) is 9.49. The quantitative estimate of drug-likeness (QED) is 0.412. The minimum atomic E-state index is -3.82. The first kappa shape index (κ1) is 21.2. The average molecular weight is 444 g/mol. The van der Waals surface area contributed by atoms with Crippen LogP contribution in [0.2, 0.25) is 0 Å². The summed E-state index contributed by atoms with van der Waals surface area (Å²) >= 11 is 0. The Bertz CT molecular complexity index is 1410. The number of fused-ring (bicyclic) bond motifs is 2. The van der Waals surface area contributed by atoms with Crippen LogP contribution in [0.5, 0.6) is 5.75 Å². The normalized spacial score (nSPS) is 12.1. The monoisotopic (exact) mass is 443 g/mol. The first-order valence-corrected chi connectivity index (χ1v) is 11.9. The number of aromatic nitrogens is 3. The van der Waals surface area contributed by atoms with E-state index < -0.39 is 15.7 Å². The molecule has 0 fully saturated rings. The summed E-state index contributed by atoms with van der Waals surface area (Å²) < 4.78 is 39.2. The lowest BCUT2D eigenvalue weighted by Crippen LogP contribution is -2.31. The van der Waals surface area contributed by atoms with Gasteiger partial charge in [0.15, 0.2) is 5.58 Å². The fourth-order valence-corrected chi connectivity index (χ4v) is 5.17. The van der Waals surface area contributed by atoms with Gasteiger partial charge < -0.3 is 9.26 Å². The first-order valence-electron chi connectivity index (χ1n) is 10.3. The van der Waals surface area contributed by atoms with Crippen LogP contribution in [0, 0.1) is 6.92 Å². The van der Waals surface area contributed by atoms with Gasteiger partial charge in [0.25, 0.3) is 0 Å². The van der Waals surface area contributed by atoms with Gasteiger partial charge in [-0.25, -0.2) is 13.2 Å². The number of hydrogen-bond donors (Lipinski definition) is 0. The smallest absolute Gasteiger partial charge is 0.343 e. The predicted octanol–water partition coefficient (Wildman–Crippen LogP) is 3.68. The van der Waals surface area contributed by atoms with Crippen molar-refractivity contribution < 1.29 is 17.7 Å². The number of benzene rings is 2. The molecule has 0 aliphatic heterocycles. The molecule has 0 amide bonds. The number of aryl methyl sites for hydroxylation is 1. The standard InChI is InChI=1S/C22H25N3O5S/c1-4-9-29-17-8-6-7-16(11-17)14-24-19-12-18-15(3)23-30-21(18)13-20(19)25(22(24)26)31(27,28)10-5-2/h6-8,11-13H,4-5,9-10,14H2,1-3H3. The largest absolute Gasteiger partial charge is 0.494 e. The third-order valence-corrected chi connectivity index (χ3v) is 6.95. The van der Waals surface area contributed by atoms with Crippen molar-refractivity contribution in [2.75, 3.05) is 12.4 Å². The molecule has 0 bridgehead atoms. The van der Waals surface area contributed by atoms with Crippen LogP contribution in [0.1, 0.15) is 37.9 Å². The van der Waals surface area contributed by atoms with Crippen molar-refractivity contribution in [1.29, 1.82) is 0 Å². The summed E-state index contributed by atoms with van der Waals surface area (Å²) in [5.74, 6) is 0.590. The number of hydrogen-bond acceptors (Lipinski definition) is 6. The molecule has 0 unspecified atom stereocenters. The summed E-state index contributed by atoms with van der Waals surface area (Å²) in [5, 5.41) is 4.71. The van der Waals surface area contributed by atoms with Gasteiger partial charge in [-0.05, 0) is 43.5 Å². The van der Waals surface area contributed by atoms with E-state index in [1.165, 1.54) is 4.57 Å². The van der Waals surface area contributed by atoms with Gasteiger partial charge in [0.05, 0.1) is 35.6 Å². The van der Waals surface area contributed by atoms with Crippen LogP contribution < -0.4 is 10.4 Å². The summed E-state index contributed by atoms with van der Waals surface area (Å²) in [6.07, 6.45) is 1.29. The number of rotatable bonds is 8. The van der Waals surface area contributed by atoms with Crippen LogP contribution in [0.4, 0.5) is 0 Å². The average Bonchev–Trinajstić information content (AvgIpc) is 3.22. The lowest BCUT2D eigenvalue weighted by atomic mass is 10.2. The summed E-state index contributed by atoms with van der Waals surface area (Å²) in [6, 6.07) is 10.8. The van der Waals surface area contributed by atoms with Crippen LogP contribution >= 0.6 is 0 Å². The Hall–Kier alpha value is -3.07. The van der Waals surface area contributed by atoms with Gasteiger partial charge in [-0.1, -0.05) is 31.1 Å². The summed E-state index contributed by atoms with van der Waals surface area (Å²) in [4.78, 5) is 13.3. The van der Waals surface area contributed by atoms with E-state index in [1.54, 1.807) is 26.0 Å². The highest BCUT2D eigenvalue weighted by Gasteiger charge is 2.24. The first-order chi connectivity index (χ1) is 14.9. The van der Waals surface area contributed by atoms with Gasteiger partial charge in [0.1, 0.15) is 5.75 Å². The van der Waals surface area contributed by atoms with Crippen LogP contribution in [-0.2, 0) is 16.6 Å². The molecule has 164 valence electrons. The van der Waals surface area contributed by atoms with E-state index >= 15 is 0 Å². The third kappa shape index (κ3) is 3.85. The van der Waals surface area contributed by atoms with Crippen LogP contribution in [-0.4, -0.2) is 34.5 Å². The molecule has 8 nitrogen and oxygen atoms in total. The molecule has 2 aromatic carbocycles. The number of imidazole rings is 1. The molecule has 4 rings (SSSR count). The molecular weight excluding hydrogens is 418 g/mol. The maximum absolute atomic E-state index is 13.3. The summed E-state index contributed by atoms with van der Waals surface area (Å²) in [5.41, 5.74) is 2.17. The fourth-order valence-electron chi connectivity index (χ4n) is 3.68. The summed E-state index contributed by atoms with van der Waals surface area (Å²) in [6.45, 7) is 6.41. The fraction of sp³-hybridized carbons (Fsp3) is 0.364. The zero-order valence-electron chi connectivity index (χ0n) is 17.8. The van der Waals surface area contributed by atoms with Gasteiger partial charge in [0.2, 0.25) is 10.0 Å². The van der Waals surface area contributed by atoms with Gasteiger partial charge in [-0.15, -0.1) is 0 Å². The highest BCUT2D eigenvalue weighted by molar-refractivity contribution is 7.90. The zero-order valence-corrected chi connectivity index (χ0v) is 18.6. The molecule has 31 heavy (non-hydrogen) atoms. The Morgan fingerprint density at radius 1 is 1.10 bits per heavy atom. The molecule has 0 atom stereocenters. The minimum absolute atomic E-state index is 0.125. The molecule has 0 aliphatic rings. The van der Waals surface area contributed by atoms with Gasteiger partial charge in [-0.3, -0.25) is 4.57 Å². The molecule has 2 heterocycles. The van der Waals surface area contributed by atoms with Crippen molar-refractivity contribution >= 4 is 32.0 Å². The van der Waals surface area contributed by atoms with Crippen LogP contribution in [0.15, 0.2) is 45.7 Å². The molecule has 4 aromatic rings. The topological polar surface area (TPSA) is 96.3 Å². The summed E-state index contributed by atoms with van der Waals surface area (Å²) in [7, 11) is -3.82. The lowest BCUT2D eigenvalue weighted by molar-refractivity contribution is 0.317. The Labute approximate surface area is 180 Å². The van der Waals surface area contributed by atoms with E-state index in [0.717, 1.165) is 21.3 Å². The Balaban J connectivity index is 1.92. The van der Waals surface area contributed by atoms with E-state index in [1.807, 2.05) is 31.2 Å². The molecule has 0 N–H and O–H groups in total. The Morgan fingerprint density at radius 2 is 1.90 bits per heavy atom. The van der Waals surface area contributed by atoms with Crippen molar-refractivity contribution in [3.63, 3.8) is 0 Å². The van der Waals surface area contributed by atoms with Crippen LogP contribution in [0.3, 0.4) is 0 Å². The van der Waals surface area contributed by atoms with Crippen molar-refractivity contribution in [2.45, 2.75) is 40.2 Å². The third-order valence-electron chi connectivity index (χ3n) is 5.11. The molecule has 2 aromatic heterocycles. The number of nitrogens with zero attached hydrogens (tertiary/aromatic N) is 3. The predicted molar refractivity (Wildman–Crippen MR) is 119 cm³/mol. The molecule has 0 saturated carbocycles. The van der Waals surface area contributed by atoms with Crippen molar-refractivity contribution in [2.24, 2.45) is 0 Å².